The third kappa shape index (κ3) is 4.33. The number of ketones is 1. The minimum atomic E-state index is -0.480. The second-order valence-corrected chi connectivity index (χ2v) is 9.65. The van der Waals surface area contributed by atoms with Crippen LogP contribution in [-0.2, 0) is 14.3 Å². The third-order valence-electron chi connectivity index (χ3n) is 7.34. The van der Waals surface area contributed by atoms with Crippen molar-refractivity contribution in [2.24, 2.45) is 10.9 Å². The topological polar surface area (TPSA) is 68.9 Å². The SMILES string of the molecule is CC1=C(C(=O)OC2CCCCC2)[C@H](c2ccc(C)o2)C2C(=O)C[C@@H](c3ccccc3)CC2=N1. The van der Waals surface area contributed by atoms with Crippen LogP contribution in [0.4, 0.5) is 0 Å². The van der Waals surface area contributed by atoms with Crippen molar-refractivity contribution < 1.29 is 18.7 Å². The highest BCUT2D eigenvalue weighted by atomic mass is 16.5. The van der Waals surface area contributed by atoms with E-state index in [1.54, 1.807) is 0 Å². The van der Waals surface area contributed by atoms with Crippen molar-refractivity contribution in [3.8, 4) is 0 Å². The minimum Gasteiger partial charge on any atom is -0.466 e. The quantitative estimate of drug-likeness (QED) is 0.538. The number of carbonyl (C=O) groups is 2. The van der Waals surface area contributed by atoms with Crippen molar-refractivity contribution in [1.82, 2.24) is 0 Å². The summed E-state index contributed by atoms with van der Waals surface area (Å²) in [7, 11) is 0. The molecule has 0 amide bonds. The van der Waals surface area contributed by atoms with Gasteiger partial charge in [-0.2, -0.15) is 0 Å². The monoisotopic (exact) mass is 445 g/mol. The first-order chi connectivity index (χ1) is 16.0. The van der Waals surface area contributed by atoms with Crippen molar-refractivity contribution >= 4 is 17.5 Å². The fraction of sp³-hybridized carbons (Fsp3) is 0.464. The number of carbonyl (C=O) groups excluding carboxylic acids is 2. The van der Waals surface area contributed by atoms with Gasteiger partial charge in [-0.15, -0.1) is 0 Å². The lowest BCUT2D eigenvalue weighted by Gasteiger charge is -2.37. The zero-order valence-corrected chi connectivity index (χ0v) is 19.4. The summed E-state index contributed by atoms with van der Waals surface area (Å²) in [5, 5.41) is 0. The van der Waals surface area contributed by atoms with E-state index in [0.717, 1.165) is 42.7 Å². The van der Waals surface area contributed by atoms with Crippen LogP contribution in [0.15, 0.2) is 63.1 Å². The van der Waals surface area contributed by atoms with Crippen LogP contribution in [0, 0.1) is 12.8 Å². The fourth-order valence-corrected chi connectivity index (χ4v) is 5.73. The molecule has 0 saturated heterocycles. The van der Waals surface area contributed by atoms with E-state index in [4.69, 9.17) is 14.1 Å². The van der Waals surface area contributed by atoms with E-state index in [-0.39, 0.29) is 23.8 Å². The Balaban J connectivity index is 1.52. The van der Waals surface area contributed by atoms with Gasteiger partial charge >= 0.3 is 5.97 Å². The predicted molar refractivity (Wildman–Crippen MR) is 126 cm³/mol. The van der Waals surface area contributed by atoms with Crippen molar-refractivity contribution in [2.75, 3.05) is 0 Å². The average molecular weight is 446 g/mol. The van der Waals surface area contributed by atoms with Crippen LogP contribution in [0.25, 0.3) is 0 Å². The smallest absolute Gasteiger partial charge is 0.336 e. The predicted octanol–water partition coefficient (Wildman–Crippen LogP) is 6.04. The van der Waals surface area contributed by atoms with Gasteiger partial charge in [-0.25, -0.2) is 4.79 Å². The molecular weight excluding hydrogens is 414 g/mol. The number of aryl methyl sites for hydroxylation is 1. The molecular formula is C28H31NO4. The molecule has 0 radical (unpaired) electrons. The molecule has 5 nitrogen and oxygen atoms in total. The van der Waals surface area contributed by atoms with Crippen LogP contribution in [0.5, 0.6) is 0 Å². The van der Waals surface area contributed by atoms with Gasteiger partial charge in [-0.05, 0) is 69.6 Å². The lowest BCUT2D eigenvalue weighted by Crippen LogP contribution is -2.41. The first kappa shape index (κ1) is 21.9. The van der Waals surface area contributed by atoms with Gasteiger partial charge in [-0.3, -0.25) is 9.79 Å². The second-order valence-electron chi connectivity index (χ2n) is 9.65. The highest BCUT2D eigenvalue weighted by Gasteiger charge is 2.47. The van der Waals surface area contributed by atoms with Crippen LogP contribution in [-0.4, -0.2) is 23.6 Å². The number of hydrogen-bond donors (Lipinski definition) is 0. The maximum absolute atomic E-state index is 13.6. The van der Waals surface area contributed by atoms with Crippen LogP contribution in [0.3, 0.4) is 0 Å². The number of esters is 1. The Morgan fingerprint density at radius 2 is 1.73 bits per heavy atom. The van der Waals surface area contributed by atoms with Gasteiger partial charge < -0.3 is 9.15 Å². The normalized spacial score (nSPS) is 26.1. The van der Waals surface area contributed by atoms with Crippen LogP contribution in [0.1, 0.15) is 80.8 Å². The van der Waals surface area contributed by atoms with Crippen molar-refractivity contribution in [3.63, 3.8) is 0 Å². The largest absolute Gasteiger partial charge is 0.466 e. The molecule has 5 heteroatoms. The standard InChI is InChI=1S/C28H31NO4/c1-17-13-14-24(32-17)27-25(28(31)33-21-11-7-4-8-12-21)18(2)29-22-15-20(16-23(30)26(22)27)19-9-5-3-6-10-19/h3,5-6,9-10,13-14,20-21,26-27H,4,7-8,11-12,15-16H2,1-2H3/t20-,26?,27-/m0/s1. The Morgan fingerprint density at radius 1 is 0.970 bits per heavy atom. The van der Waals surface area contributed by atoms with E-state index in [2.05, 4.69) is 12.1 Å². The Labute approximate surface area is 194 Å². The maximum Gasteiger partial charge on any atom is 0.336 e. The van der Waals surface area contributed by atoms with E-state index in [1.165, 1.54) is 6.42 Å². The maximum atomic E-state index is 13.6. The molecule has 0 bridgehead atoms. The fourth-order valence-electron chi connectivity index (χ4n) is 5.73. The van der Waals surface area contributed by atoms with Gasteiger partial charge in [0.05, 0.1) is 17.4 Å². The van der Waals surface area contributed by atoms with Crippen LogP contribution in [0.2, 0.25) is 0 Å². The average Bonchev–Trinajstić information content (AvgIpc) is 3.25. The highest BCUT2D eigenvalue weighted by Crippen LogP contribution is 2.46. The Morgan fingerprint density at radius 3 is 2.42 bits per heavy atom. The molecule has 5 rings (SSSR count). The third-order valence-corrected chi connectivity index (χ3v) is 7.34. The van der Waals surface area contributed by atoms with E-state index in [0.29, 0.717) is 29.9 Å². The van der Waals surface area contributed by atoms with E-state index in [1.807, 2.05) is 44.2 Å². The van der Waals surface area contributed by atoms with Crippen molar-refractivity contribution in [2.45, 2.75) is 76.7 Å². The molecule has 1 aromatic heterocycles. The highest BCUT2D eigenvalue weighted by molar-refractivity contribution is 6.12. The first-order valence-corrected chi connectivity index (χ1v) is 12.1. The number of fused-ring (bicyclic) bond motifs is 1. The molecule has 0 spiro atoms. The van der Waals surface area contributed by atoms with E-state index in [9.17, 15) is 9.59 Å². The summed E-state index contributed by atoms with van der Waals surface area (Å²) in [5.74, 6) is 0.321. The molecule has 1 aliphatic heterocycles. The van der Waals surface area contributed by atoms with Gasteiger partial charge in [-0.1, -0.05) is 36.8 Å². The Bertz CT molecular complexity index is 1100. The molecule has 2 aromatic rings. The molecule has 3 aliphatic rings. The number of allylic oxidation sites excluding steroid dienone is 1. The zero-order valence-electron chi connectivity index (χ0n) is 19.4. The number of rotatable bonds is 4. The molecule has 2 heterocycles. The molecule has 1 aromatic carbocycles. The van der Waals surface area contributed by atoms with Gasteiger partial charge in [0.25, 0.3) is 0 Å². The number of nitrogens with zero attached hydrogens (tertiary/aromatic N) is 1. The van der Waals surface area contributed by atoms with Crippen LogP contribution >= 0.6 is 0 Å². The molecule has 2 aliphatic carbocycles. The first-order valence-electron chi connectivity index (χ1n) is 12.1. The number of aliphatic imine (C=N–C) groups is 1. The van der Waals surface area contributed by atoms with Gasteiger partial charge in [0, 0.05) is 17.8 Å². The summed E-state index contributed by atoms with van der Waals surface area (Å²) in [4.78, 5) is 31.8. The second kappa shape index (κ2) is 9.12. The summed E-state index contributed by atoms with van der Waals surface area (Å²) in [6.45, 7) is 3.74. The lowest BCUT2D eigenvalue weighted by molar-refractivity contribution is -0.146. The van der Waals surface area contributed by atoms with Crippen molar-refractivity contribution in [1.29, 1.82) is 0 Å². The number of ether oxygens (including phenoxy) is 1. The Hall–Kier alpha value is -2.95. The Kier molecular flexibility index (Phi) is 6.05. The lowest BCUT2D eigenvalue weighted by atomic mass is 9.67. The number of hydrogen-bond acceptors (Lipinski definition) is 5. The summed E-state index contributed by atoms with van der Waals surface area (Å²) >= 11 is 0. The van der Waals surface area contributed by atoms with Gasteiger partial charge in [0.15, 0.2) is 0 Å². The van der Waals surface area contributed by atoms with Crippen molar-refractivity contribution in [3.05, 3.63) is 70.8 Å². The van der Waals surface area contributed by atoms with E-state index < -0.39 is 11.8 Å². The minimum absolute atomic E-state index is 0.0552. The molecule has 3 atom stereocenters. The molecule has 0 N–H and O–H groups in total. The van der Waals surface area contributed by atoms with Crippen LogP contribution < -0.4 is 0 Å². The summed E-state index contributed by atoms with van der Waals surface area (Å²) in [5.41, 5.74) is 3.13. The van der Waals surface area contributed by atoms with Gasteiger partial charge in [0.1, 0.15) is 23.4 Å². The summed E-state index contributed by atoms with van der Waals surface area (Å²) < 4.78 is 11.9. The van der Waals surface area contributed by atoms with E-state index >= 15 is 0 Å². The molecule has 2 saturated carbocycles. The summed E-state index contributed by atoms with van der Waals surface area (Å²) in [6.07, 6.45) is 6.25. The molecule has 33 heavy (non-hydrogen) atoms. The zero-order chi connectivity index (χ0) is 22.9. The number of Topliss-reactive ketones (excluding diaryl/α,β-unsaturated/α-hetero) is 1. The molecule has 2 fully saturated rings. The molecule has 172 valence electrons. The van der Waals surface area contributed by atoms with Gasteiger partial charge in [0.2, 0.25) is 0 Å². The number of benzene rings is 1. The summed E-state index contributed by atoms with van der Waals surface area (Å²) in [6, 6.07) is 13.9. The number of furan rings is 1. The molecule has 1 unspecified atom stereocenters.